The molecular formula is C36H47N5O8. The minimum Gasteiger partial charge on any atom is -0.497 e. The van der Waals surface area contributed by atoms with Crippen LogP contribution in [0.1, 0.15) is 54.2 Å². The van der Waals surface area contributed by atoms with Crippen LogP contribution in [0, 0.1) is 6.92 Å². The number of carbonyl (C=O) groups excluding carboxylic acids is 1. The zero-order valence-electron chi connectivity index (χ0n) is 28.3. The molecule has 1 saturated carbocycles. The number of aliphatic hydroxyl groups is 1. The number of methoxy groups -OCH3 is 2. The summed E-state index contributed by atoms with van der Waals surface area (Å²) >= 11 is 0. The Balaban J connectivity index is 0.000000603. The normalized spacial score (nSPS) is 20.7. The number of imidazole rings is 1. The van der Waals surface area contributed by atoms with Crippen LogP contribution in [0.4, 0.5) is 5.69 Å². The number of aryl methyl sites for hydroxylation is 1. The van der Waals surface area contributed by atoms with Gasteiger partial charge in [0, 0.05) is 68.8 Å². The third kappa shape index (κ3) is 9.68. The molecule has 1 aliphatic carbocycles. The molecule has 2 fully saturated rings. The maximum atomic E-state index is 14.3. The minimum atomic E-state index is -1.26. The van der Waals surface area contributed by atoms with E-state index in [4.69, 9.17) is 24.7 Å². The summed E-state index contributed by atoms with van der Waals surface area (Å²) in [4.78, 5) is 40.1. The van der Waals surface area contributed by atoms with Crippen LogP contribution in [0.5, 0.6) is 5.75 Å². The highest BCUT2D eigenvalue weighted by molar-refractivity contribution is 5.98. The van der Waals surface area contributed by atoms with Gasteiger partial charge in [0.1, 0.15) is 11.4 Å². The highest BCUT2D eigenvalue weighted by Crippen LogP contribution is 2.41. The summed E-state index contributed by atoms with van der Waals surface area (Å²) in [5.41, 5.74) is 3.28. The van der Waals surface area contributed by atoms with E-state index in [2.05, 4.69) is 17.6 Å². The number of rotatable bonds is 12. The van der Waals surface area contributed by atoms with Crippen LogP contribution in [0.25, 0.3) is 11.3 Å². The number of hydrogen-bond donors (Lipinski definition) is 5. The lowest BCUT2D eigenvalue weighted by Gasteiger charge is -2.41. The Labute approximate surface area is 286 Å². The van der Waals surface area contributed by atoms with Gasteiger partial charge in [-0.15, -0.1) is 0 Å². The van der Waals surface area contributed by atoms with Crippen molar-refractivity contribution in [2.24, 2.45) is 0 Å². The van der Waals surface area contributed by atoms with Gasteiger partial charge in [-0.1, -0.05) is 49.2 Å². The van der Waals surface area contributed by atoms with Gasteiger partial charge in [0.25, 0.3) is 5.91 Å². The Morgan fingerprint density at radius 2 is 1.82 bits per heavy atom. The molecule has 1 amide bonds. The number of piperazine rings is 1. The zero-order valence-corrected chi connectivity index (χ0v) is 28.3. The molecule has 5 rings (SSSR count). The summed E-state index contributed by atoms with van der Waals surface area (Å²) in [5.74, 6) is -1.77. The first-order chi connectivity index (χ1) is 23.6. The second kappa shape index (κ2) is 17.6. The van der Waals surface area contributed by atoms with Crippen LogP contribution in [-0.4, -0.2) is 106 Å². The predicted molar refractivity (Wildman–Crippen MR) is 185 cm³/mol. The molecule has 2 aliphatic rings. The molecule has 1 aromatic heterocycles. The number of carboxylic acid groups (broad SMARTS) is 2. The Morgan fingerprint density at radius 1 is 1.08 bits per heavy atom. The number of benzene rings is 2. The van der Waals surface area contributed by atoms with E-state index in [1.54, 1.807) is 20.5 Å². The van der Waals surface area contributed by atoms with Crippen molar-refractivity contribution in [2.75, 3.05) is 52.3 Å². The first-order valence-electron chi connectivity index (χ1n) is 16.5. The van der Waals surface area contributed by atoms with Crippen molar-refractivity contribution in [3.8, 4) is 17.0 Å². The number of nitrogens with one attached hydrogen (secondary N) is 2. The summed E-state index contributed by atoms with van der Waals surface area (Å²) in [7, 11) is 3.29. The number of amides is 1. The van der Waals surface area contributed by atoms with Gasteiger partial charge >= 0.3 is 11.9 Å². The van der Waals surface area contributed by atoms with Crippen LogP contribution < -0.4 is 15.4 Å². The average Bonchev–Trinajstić information content (AvgIpc) is 3.54. The second-order valence-corrected chi connectivity index (χ2v) is 12.3. The molecule has 0 bridgehead atoms. The lowest BCUT2D eigenvalue weighted by Crippen LogP contribution is -2.54. The summed E-state index contributed by atoms with van der Waals surface area (Å²) in [6.45, 7) is 5.11. The van der Waals surface area contributed by atoms with E-state index < -0.39 is 17.5 Å². The van der Waals surface area contributed by atoms with E-state index in [9.17, 15) is 19.5 Å². The molecule has 2 aromatic carbocycles. The molecule has 3 aromatic rings. The third-order valence-corrected chi connectivity index (χ3v) is 8.95. The summed E-state index contributed by atoms with van der Waals surface area (Å²) in [6, 6.07) is 15.7. The Hall–Kier alpha value is -4.72. The zero-order chi connectivity index (χ0) is 35.4. The van der Waals surface area contributed by atoms with E-state index in [-0.39, 0.29) is 24.6 Å². The number of carboxylic acids is 2. The van der Waals surface area contributed by atoms with E-state index in [0.29, 0.717) is 30.8 Å². The van der Waals surface area contributed by atoms with Crippen molar-refractivity contribution in [1.29, 1.82) is 0 Å². The first kappa shape index (κ1) is 37.1. The number of ether oxygens (including phenoxy) is 2. The quantitative estimate of drug-likeness (QED) is 0.175. The Bertz CT molecular complexity index is 1570. The fraction of sp³-hybridized carbons (Fsp3) is 0.444. The van der Waals surface area contributed by atoms with Gasteiger partial charge < -0.3 is 44.9 Å². The predicted octanol–water partition coefficient (Wildman–Crippen LogP) is 3.99. The number of nitrogens with zero attached hydrogens (tertiary/aromatic N) is 3. The van der Waals surface area contributed by atoms with Gasteiger partial charge in [0.05, 0.1) is 31.8 Å². The molecule has 264 valence electrons. The third-order valence-electron chi connectivity index (χ3n) is 8.95. The molecule has 13 heteroatoms. The maximum absolute atomic E-state index is 14.3. The molecule has 3 atom stereocenters. The van der Waals surface area contributed by atoms with Crippen LogP contribution in [0.2, 0.25) is 0 Å². The van der Waals surface area contributed by atoms with Crippen molar-refractivity contribution in [3.63, 3.8) is 0 Å². The van der Waals surface area contributed by atoms with Crippen LogP contribution >= 0.6 is 0 Å². The Morgan fingerprint density at radius 3 is 2.49 bits per heavy atom. The molecule has 13 nitrogen and oxygen atoms in total. The van der Waals surface area contributed by atoms with Gasteiger partial charge in [-0.05, 0) is 37.8 Å². The topological polar surface area (TPSA) is 175 Å². The molecule has 5 N–H and O–H groups in total. The van der Waals surface area contributed by atoms with E-state index in [1.807, 2.05) is 58.0 Å². The molecule has 2 heterocycles. The van der Waals surface area contributed by atoms with Crippen LogP contribution in [-0.2, 0) is 14.3 Å². The SMILES string of the molecule is COC[C@]1(O)CCCC[C@H]1n1cnc(C(=O)N2CCNC[C@H]2CCNc2cc(OC)ccc2C)c1-c1ccccc1.O=C(O)/C=C/C(=O)O. The number of aromatic nitrogens is 2. The lowest BCUT2D eigenvalue weighted by molar-refractivity contribution is -0.134. The van der Waals surface area contributed by atoms with E-state index in [1.165, 1.54) is 0 Å². The van der Waals surface area contributed by atoms with Crippen molar-refractivity contribution < 1.29 is 39.2 Å². The monoisotopic (exact) mass is 677 g/mol. The van der Waals surface area contributed by atoms with Gasteiger partial charge in [-0.2, -0.15) is 0 Å². The number of hydrogen-bond acceptors (Lipinski definition) is 9. The van der Waals surface area contributed by atoms with Crippen molar-refractivity contribution in [1.82, 2.24) is 19.8 Å². The van der Waals surface area contributed by atoms with Crippen molar-refractivity contribution in [3.05, 3.63) is 78.3 Å². The van der Waals surface area contributed by atoms with E-state index in [0.717, 1.165) is 73.6 Å². The highest BCUT2D eigenvalue weighted by atomic mass is 16.5. The molecule has 0 radical (unpaired) electrons. The lowest BCUT2D eigenvalue weighted by atomic mass is 9.80. The molecule has 49 heavy (non-hydrogen) atoms. The standard InChI is InChI=1S/C32H43N5O4.C4H4O4/c1-23-12-13-26(41-3)19-27(23)34-16-14-25-20-33-17-18-36(25)31(38)29-30(24-9-5-4-6-10-24)37(22-35-29)28-11-7-8-15-32(28,39)21-40-2;5-3(6)1-2-4(7)8/h4-6,9-10,12-13,19,22,25,28,33-34,39H,7-8,11,14-18,20-21H2,1-3H3;1-2H,(H,5,6)(H,7,8)/b;2-1+/t25-,28-,32-;/m1./s1. The van der Waals surface area contributed by atoms with Crippen molar-refractivity contribution in [2.45, 2.75) is 56.7 Å². The number of carbonyl (C=O) groups is 3. The molecular weight excluding hydrogens is 630 g/mol. The summed E-state index contributed by atoms with van der Waals surface area (Å²) < 4.78 is 12.9. The number of aliphatic carboxylic acids is 2. The van der Waals surface area contributed by atoms with E-state index >= 15 is 0 Å². The van der Waals surface area contributed by atoms with Gasteiger partial charge in [0.2, 0.25) is 0 Å². The molecule has 0 unspecified atom stereocenters. The molecule has 1 saturated heterocycles. The molecule has 0 spiro atoms. The first-order valence-corrected chi connectivity index (χ1v) is 16.5. The van der Waals surface area contributed by atoms with Crippen LogP contribution in [0.3, 0.4) is 0 Å². The number of anilines is 1. The summed E-state index contributed by atoms with van der Waals surface area (Å²) in [5, 5.41) is 34.3. The second-order valence-electron chi connectivity index (χ2n) is 12.3. The van der Waals surface area contributed by atoms with Crippen molar-refractivity contribution >= 4 is 23.5 Å². The fourth-order valence-corrected chi connectivity index (χ4v) is 6.51. The summed E-state index contributed by atoms with van der Waals surface area (Å²) in [6.07, 6.45) is 7.06. The van der Waals surface area contributed by atoms with Crippen LogP contribution in [0.15, 0.2) is 67.0 Å². The molecule has 1 aliphatic heterocycles. The fourth-order valence-electron chi connectivity index (χ4n) is 6.51. The highest BCUT2D eigenvalue weighted by Gasteiger charge is 2.42. The maximum Gasteiger partial charge on any atom is 0.328 e. The van der Waals surface area contributed by atoms with Gasteiger partial charge in [-0.25, -0.2) is 14.6 Å². The average molecular weight is 678 g/mol. The smallest absolute Gasteiger partial charge is 0.328 e. The van der Waals surface area contributed by atoms with Gasteiger partial charge in [0.15, 0.2) is 5.69 Å². The minimum absolute atomic E-state index is 0.0172. The largest absolute Gasteiger partial charge is 0.497 e. The van der Waals surface area contributed by atoms with Gasteiger partial charge in [-0.3, -0.25) is 4.79 Å². The Kier molecular flexibility index (Phi) is 13.3.